The summed E-state index contributed by atoms with van der Waals surface area (Å²) in [7, 11) is 0. The van der Waals surface area contributed by atoms with Gasteiger partial charge in [-0.05, 0) is 49.7 Å². The summed E-state index contributed by atoms with van der Waals surface area (Å²) in [6.07, 6.45) is 0. The fraction of sp³-hybridized carbons (Fsp3) is 0.286. The zero-order valence-corrected chi connectivity index (χ0v) is 16.5. The second-order valence-electron chi connectivity index (χ2n) is 7.19. The van der Waals surface area contributed by atoms with E-state index in [1.807, 2.05) is 41.5 Å². The smallest absolute Gasteiger partial charge is 0.290 e. The van der Waals surface area contributed by atoms with Gasteiger partial charge in [0.2, 0.25) is 0 Å². The molecule has 2 aromatic carbocycles. The molecule has 0 spiro atoms. The Balaban J connectivity index is 1.56. The molecule has 0 bridgehead atoms. The lowest BCUT2D eigenvalue weighted by Crippen LogP contribution is -2.44. The molecule has 1 aromatic heterocycles. The van der Waals surface area contributed by atoms with E-state index in [4.69, 9.17) is 11.6 Å². The zero-order chi connectivity index (χ0) is 19.8. The van der Waals surface area contributed by atoms with Gasteiger partial charge in [-0.25, -0.2) is 4.98 Å². The highest BCUT2D eigenvalue weighted by atomic mass is 35.5. The monoisotopic (exact) mass is 396 g/mol. The molecule has 0 aliphatic carbocycles. The van der Waals surface area contributed by atoms with Crippen molar-refractivity contribution in [1.82, 2.24) is 19.8 Å². The third kappa shape index (κ3) is 3.36. The van der Waals surface area contributed by atoms with Gasteiger partial charge in [0, 0.05) is 36.3 Å². The second-order valence-corrected chi connectivity index (χ2v) is 7.63. The second kappa shape index (κ2) is 7.28. The average molecular weight is 397 g/mol. The molecule has 144 valence electrons. The highest BCUT2D eigenvalue weighted by Gasteiger charge is 2.29. The first-order valence-corrected chi connectivity index (χ1v) is 9.66. The quantitative estimate of drug-likeness (QED) is 0.734. The van der Waals surface area contributed by atoms with Crippen molar-refractivity contribution in [3.8, 4) is 0 Å². The highest BCUT2D eigenvalue weighted by molar-refractivity contribution is 6.30. The molecule has 0 saturated heterocycles. The largest absolute Gasteiger partial charge is 0.348 e. The van der Waals surface area contributed by atoms with Gasteiger partial charge in [0.25, 0.3) is 11.8 Å². The molecule has 2 amide bonds. The third-order valence-corrected chi connectivity index (χ3v) is 5.27. The predicted molar refractivity (Wildman–Crippen MR) is 109 cm³/mol. The number of carbonyl (C=O) groups is 2. The Kier molecular flexibility index (Phi) is 4.81. The highest BCUT2D eigenvalue weighted by Crippen LogP contribution is 2.23. The molecular formula is C21H21ClN4O2. The molecule has 0 unspecified atom stereocenters. The fourth-order valence-electron chi connectivity index (χ4n) is 3.48. The van der Waals surface area contributed by atoms with Crippen molar-refractivity contribution in [2.45, 2.75) is 33.0 Å². The van der Waals surface area contributed by atoms with E-state index in [2.05, 4.69) is 10.3 Å². The molecular weight excluding hydrogens is 376 g/mol. The fourth-order valence-corrected chi connectivity index (χ4v) is 3.60. The molecule has 1 aliphatic heterocycles. The molecule has 0 atom stereocenters. The normalized spacial score (nSPS) is 13.9. The summed E-state index contributed by atoms with van der Waals surface area (Å²) in [6, 6.07) is 12.8. The molecule has 0 radical (unpaired) electrons. The zero-order valence-electron chi connectivity index (χ0n) is 15.8. The Hall–Kier alpha value is -2.86. The van der Waals surface area contributed by atoms with Gasteiger partial charge in [-0.3, -0.25) is 9.59 Å². The molecule has 7 heteroatoms. The summed E-state index contributed by atoms with van der Waals surface area (Å²) in [6.45, 7) is 5.78. The molecule has 0 fully saturated rings. The molecule has 2 heterocycles. The van der Waals surface area contributed by atoms with Crippen LogP contribution in [0.15, 0.2) is 42.5 Å². The minimum absolute atomic E-state index is 0.0637. The van der Waals surface area contributed by atoms with E-state index in [0.717, 1.165) is 11.1 Å². The van der Waals surface area contributed by atoms with Crippen LogP contribution >= 0.6 is 11.6 Å². The van der Waals surface area contributed by atoms with E-state index in [1.165, 1.54) is 0 Å². The number of carbonyl (C=O) groups excluding carboxylic acids is 2. The van der Waals surface area contributed by atoms with E-state index < -0.39 is 0 Å². The van der Waals surface area contributed by atoms with Crippen molar-refractivity contribution in [2.75, 3.05) is 6.54 Å². The number of halogens is 1. The molecule has 1 N–H and O–H groups in total. The summed E-state index contributed by atoms with van der Waals surface area (Å²) in [5.74, 6) is 0.192. The maximum Gasteiger partial charge on any atom is 0.290 e. The summed E-state index contributed by atoms with van der Waals surface area (Å²) in [5.41, 5.74) is 3.02. The van der Waals surface area contributed by atoms with E-state index >= 15 is 0 Å². The molecule has 3 aromatic rings. The molecule has 1 aliphatic rings. The van der Waals surface area contributed by atoms with Crippen LogP contribution in [-0.4, -0.2) is 38.9 Å². The van der Waals surface area contributed by atoms with Crippen LogP contribution in [0.2, 0.25) is 5.02 Å². The number of rotatable bonds is 4. The minimum atomic E-state index is -0.182. The van der Waals surface area contributed by atoms with Crippen LogP contribution in [-0.2, 0) is 13.1 Å². The Labute approximate surface area is 168 Å². The van der Waals surface area contributed by atoms with Gasteiger partial charge >= 0.3 is 0 Å². The van der Waals surface area contributed by atoms with Crippen molar-refractivity contribution in [2.24, 2.45) is 0 Å². The Morgan fingerprint density at radius 1 is 1.18 bits per heavy atom. The lowest BCUT2D eigenvalue weighted by molar-refractivity contribution is 0.0643. The summed E-state index contributed by atoms with van der Waals surface area (Å²) in [4.78, 5) is 31.5. The maximum atomic E-state index is 12.7. The number of aromatic nitrogens is 2. The number of hydrogen-bond acceptors (Lipinski definition) is 3. The summed E-state index contributed by atoms with van der Waals surface area (Å²) < 4.78 is 1.94. The Morgan fingerprint density at radius 3 is 2.64 bits per heavy atom. The topological polar surface area (TPSA) is 67.2 Å². The summed E-state index contributed by atoms with van der Waals surface area (Å²) >= 11 is 5.88. The first kappa shape index (κ1) is 18.5. The van der Waals surface area contributed by atoms with Gasteiger partial charge in [0.1, 0.15) is 0 Å². The third-order valence-electron chi connectivity index (χ3n) is 5.02. The van der Waals surface area contributed by atoms with Crippen LogP contribution in [0.1, 0.15) is 40.4 Å². The van der Waals surface area contributed by atoms with Crippen LogP contribution in [0.4, 0.5) is 0 Å². The average Bonchev–Trinajstić information content (AvgIpc) is 3.06. The maximum absolute atomic E-state index is 12.7. The molecule has 4 rings (SSSR count). The molecule has 6 nitrogen and oxygen atoms in total. The van der Waals surface area contributed by atoms with Gasteiger partial charge in [-0.2, -0.15) is 0 Å². The van der Waals surface area contributed by atoms with Crippen molar-refractivity contribution < 1.29 is 9.59 Å². The van der Waals surface area contributed by atoms with Crippen LogP contribution in [0.25, 0.3) is 11.0 Å². The number of amides is 2. The van der Waals surface area contributed by atoms with E-state index in [-0.39, 0.29) is 17.9 Å². The minimum Gasteiger partial charge on any atom is -0.348 e. The number of fused-ring (bicyclic) bond motifs is 3. The number of nitrogens with zero attached hydrogens (tertiary/aromatic N) is 3. The lowest BCUT2D eigenvalue weighted by Gasteiger charge is -2.30. The van der Waals surface area contributed by atoms with Crippen molar-refractivity contribution >= 4 is 34.4 Å². The van der Waals surface area contributed by atoms with Crippen LogP contribution < -0.4 is 5.32 Å². The number of imidazole rings is 1. The molecule has 0 saturated carbocycles. The Bertz CT molecular complexity index is 1060. The van der Waals surface area contributed by atoms with Crippen molar-refractivity contribution in [1.29, 1.82) is 0 Å². The number of benzene rings is 2. The van der Waals surface area contributed by atoms with Crippen molar-refractivity contribution in [3.05, 3.63) is 64.4 Å². The number of nitrogens with one attached hydrogen (secondary N) is 1. The van der Waals surface area contributed by atoms with Gasteiger partial charge < -0.3 is 14.8 Å². The van der Waals surface area contributed by atoms with E-state index in [1.54, 1.807) is 24.3 Å². The van der Waals surface area contributed by atoms with Gasteiger partial charge in [-0.15, -0.1) is 0 Å². The van der Waals surface area contributed by atoms with Crippen LogP contribution in [0.3, 0.4) is 0 Å². The number of hydrogen-bond donors (Lipinski definition) is 1. The van der Waals surface area contributed by atoms with Crippen LogP contribution in [0.5, 0.6) is 0 Å². The van der Waals surface area contributed by atoms with Gasteiger partial charge in [-0.1, -0.05) is 23.7 Å². The Morgan fingerprint density at radius 2 is 1.93 bits per heavy atom. The van der Waals surface area contributed by atoms with E-state index in [9.17, 15) is 9.59 Å². The summed E-state index contributed by atoms with van der Waals surface area (Å²) in [5, 5.41) is 3.56. The first-order chi connectivity index (χ1) is 13.4. The standard InChI is InChI=1S/C21H21ClN4O2/c1-13(2)25-9-10-26-18-8-5-15(11-17(18)24-19(26)21(25)28)20(27)23-12-14-3-6-16(22)7-4-14/h3-8,11,13H,9-10,12H2,1-2H3,(H,23,27). The van der Waals surface area contributed by atoms with E-state index in [0.29, 0.717) is 41.6 Å². The molecule has 28 heavy (non-hydrogen) atoms. The van der Waals surface area contributed by atoms with Crippen molar-refractivity contribution in [3.63, 3.8) is 0 Å². The first-order valence-electron chi connectivity index (χ1n) is 9.28. The lowest BCUT2D eigenvalue weighted by atomic mass is 10.1. The van der Waals surface area contributed by atoms with Gasteiger partial charge in [0.15, 0.2) is 5.82 Å². The van der Waals surface area contributed by atoms with Crippen LogP contribution in [0, 0.1) is 0 Å². The van der Waals surface area contributed by atoms with Gasteiger partial charge in [0.05, 0.1) is 11.0 Å². The SMILES string of the molecule is CC(C)N1CCn2c(nc3cc(C(=O)NCc4ccc(Cl)cc4)ccc32)C1=O. The predicted octanol–water partition coefficient (Wildman–Crippen LogP) is 3.48.